The maximum absolute atomic E-state index is 12.6. The van der Waals surface area contributed by atoms with Crippen LogP contribution in [0.15, 0.2) is 24.3 Å². The SMILES string of the molecule is CCN(C(=O)N1CCCCCC1)c1ccccc1N. The van der Waals surface area contributed by atoms with Crippen molar-refractivity contribution in [1.82, 2.24) is 4.90 Å². The molecule has 2 rings (SSSR count). The minimum Gasteiger partial charge on any atom is -0.397 e. The summed E-state index contributed by atoms with van der Waals surface area (Å²) < 4.78 is 0. The lowest BCUT2D eigenvalue weighted by Gasteiger charge is -2.29. The number of rotatable bonds is 2. The molecule has 0 unspecified atom stereocenters. The molecule has 0 radical (unpaired) electrons. The van der Waals surface area contributed by atoms with E-state index in [0.717, 1.165) is 31.6 Å². The van der Waals surface area contributed by atoms with Gasteiger partial charge in [0, 0.05) is 19.6 Å². The topological polar surface area (TPSA) is 49.6 Å². The number of anilines is 2. The number of nitrogens with zero attached hydrogens (tertiary/aromatic N) is 2. The summed E-state index contributed by atoms with van der Waals surface area (Å²) in [5.41, 5.74) is 7.46. The third-order valence-corrected chi connectivity index (χ3v) is 3.65. The van der Waals surface area contributed by atoms with Crippen LogP contribution in [-0.4, -0.2) is 30.6 Å². The standard InChI is InChI=1S/C15H23N3O/c1-2-18(14-10-6-5-9-13(14)16)15(19)17-11-7-3-4-8-12-17/h5-6,9-10H,2-4,7-8,11-12,16H2,1H3. The highest BCUT2D eigenvalue weighted by molar-refractivity contribution is 5.95. The van der Waals surface area contributed by atoms with E-state index in [-0.39, 0.29) is 6.03 Å². The Morgan fingerprint density at radius 2 is 1.84 bits per heavy atom. The monoisotopic (exact) mass is 261 g/mol. The van der Waals surface area contributed by atoms with Crippen LogP contribution in [0.3, 0.4) is 0 Å². The molecule has 2 N–H and O–H groups in total. The summed E-state index contributed by atoms with van der Waals surface area (Å²) in [6.45, 7) is 4.36. The van der Waals surface area contributed by atoms with Gasteiger partial charge in [-0.05, 0) is 31.9 Å². The molecule has 0 aromatic heterocycles. The first-order chi connectivity index (χ1) is 9.24. The van der Waals surface area contributed by atoms with Gasteiger partial charge in [0.15, 0.2) is 0 Å². The van der Waals surface area contributed by atoms with Gasteiger partial charge in [0.25, 0.3) is 0 Å². The Morgan fingerprint density at radius 1 is 1.21 bits per heavy atom. The molecule has 4 heteroatoms. The molecule has 0 aliphatic carbocycles. The summed E-state index contributed by atoms with van der Waals surface area (Å²) in [5.74, 6) is 0. The van der Waals surface area contributed by atoms with Crippen molar-refractivity contribution in [1.29, 1.82) is 0 Å². The number of carbonyl (C=O) groups is 1. The number of carbonyl (C=O) groups excluding carboxylic acids is 1. The van der Waals surface area contributed by atoms with Crippen molar-refractivity contribution < 1.29 is 4.79 Å². The van der Waals surface area contributed by atoms with Gasteiger partial charge < -0.3 is 10.6 Å². The van der Waals surface area contributed by atoms with Gasteiger partial charge in [-0.1, -0.05) is 25.0 Å². The molecule has 4 nitrogen and oxygen atoms in total. The quantitative estimate of drug-likeness (QED) is 0.832. The zero-order valence-corrected chi connectivity index (χ0v) is 11.6. The molecular formula is C15H23N3O. The van der Waals surface area contributed by atoms with E-state index in [1.807, 2.05) is 36.1 Å². The summed E-state index contributed by atoms with van der Waals surface area (Å²) >= 11 is 0. The number of urea groups is 1. The van der Waals surface area contributed by atoms with Crippen LogP contribution in [0.2, 0.25) is 0 Å². The number of benzene rings is 1. The third-order valence-electron chi connectivity index (χ3n) is 3.65. The summed E-state index contributed by atoms with van der Waals surface area (Å²) in [7, 11) is 0. The largest absolute Gasteiger partial charge is 0.397 e. The van der Waals surface area contributed by atoms with Gasteiger partial charge in [-0.2, -0.15) is 0 Å². The van der Waals surface area contributed by atoms with Crippen molar-refractivity contribution in [3.05, 3.63) is 24.3 Å². The molecule has 0 spiro atoms. The molecule has 1 aliphatic rings. The van der Waals surface area contributed by atoms with Crippen LogP contribution in [0.4, 0.5) is 16.2 Å². The average Bonchev–Trinajstić information content (AvgIpc) is 2.70. The highest BCUT2D eigenvalue weighted by Gasteiger charge is 2.22. The maximum atomic E-state index is 12.6. The van der Waals surface area contributed by atoms with E-state index in [4.69, 9.17) is 5.73 Å². The molecule has 1 aromatic rings. The molecule has 1 heterocycles. The number of hydrogen-bond acceptors (Lipinski definition) is 2. The van der Waals surface area contributed by atoms with Gasteiger partial charge in [0.05, 0.1) is 11.4 Å². The van der Waals surface area contributed by atoms with Crippen LogP contribution < -0.4 is 10.6 Å². The molecule has 104 valence electrons. The number of nitrogen functional groups attached to an aromatic ring is 1. The Balaban J connectivity index is 2.16. The van der Waals surface area contributed by atoms with Crippen molar-refractivity contribution in [2.75, 3.05) is 30.3 Å². The van der Waals surface area contributed by atoms with Crippen LogP contribution in [0, 0.1) is 0 Å². The van der Waals surface area contributed by atoms with Crippen LogP contribution in [0.25, 0.3) is 0 Å². The second-order valence-electron chi connectivity index (χ2n) is 4.99. The number of amides is 2. The van der Waals surface area contributed by atoms with Crippen molar-refractivity contribution in [3.8, 4) is 0 Å². The minimum absolute atomic E-state index is 0.0855. The van der Waals surface area contributed by atoms with Gasteiger partial charge in [0.2, 0.25) is 0 Å². The Kier molecular flexibility index (Phi) is 4.66. The van der Waals surface area contributed by atoms with E-state index in [1.165, 1.54) is 12.8 Å². The number of likely N-dealkylation sites (tertiary alicyclic amines) is 1. The Hall–Kier alpha value is -1.71. The molecule has 0 atom stereocenters. The molecule has 1 fully saturated rings. The second-order valence-corrected chi connectivity index (χ2v) is 4.99. The average molecular weight is 261 g/mol. The van der Waals surface area contributed by atoms with Crippen molar-refractivity contribution in [2.45, 2.75) is 32.6 Å². The van der Waals surface area contributed by atoms with Crippen LogP contribution in [0.5, 0.6) is 0 Å². The third kappa shape index (κ3) is 3.19. The van der Waals surface area contributed by atoms with Crippen LogP contribution in [-0.2, 0) is 0 Å². The summed E-state index contributed by atoms with van der Waals surface area (Å²) in [5, 5.41) is 0. The lowest BCUT2D eigenvalue weighted by atomic mass is 10.2. The smallest absolute Gasteiger partial charge is 0.324 e. The highest BCUT2D eigenvalue weighted by atomic mass is 16.2. The highest BCUT2D eigenvalue weighted by Crippen LogP contribution is 2.24. The molecule has 19 heavy (non-hydrogen) atoms. The van der Waals surface area contributed by atoms with E-state index in [1.54, 1.807) is 4.90 Å². The molecule has 1 saturated heterocycles. The van der Waals surface area contributed by atoms with Gasteiger partial charge in [-0.15, -0.1) is 0 Å². The van der Waals surface area contributed by atoms with E-state index < -0.39 is 0 Å². The Bertz CT molecular complexity index is 425. The Labute approximate surface area is 115 Å². The van der Waals surface area contributed by atoms with Crippen LogP contribution in [0.1, 0.15) is 32.6 Å². The molecule has 0 saturated carbocycles. The van der Waals surface area contributed by atoms with E-state index >= 15 is 0 Å². The summed E-state index contributed by atoms with van der Waals surface area (Å²) in [6.07, 6.45) is 4.66. The molecule has 1 aromatic carbocycles. The summed E-state index contributed by atoms with van der Waals surface area (Å²) in [4.78, 5) is 16.4. The molecule has 1 aliphatic heterocycles. The van der Waals surface area contributed by atoms with Crippen molar-refractivity contribution in [3.63, 3.8) is 0 Å². The van der Waals surface area contributed by atoms with E-state index in [0.29, 0.717) is 12.2 Å². The summed E-state index contributed by atoms with van der Waals surface area (Å²) in [6, 6.07) is 7.65. The number of para-hydroxylation sites is 2. The maximum Gasteiger partial charge on any atom is 0.324 e. The first kappa shape index (κ1) is 13.7. The van der Waals surface area contributed by atoms with E-state index in [9.17, 15) is 4.79 Å². The molecule has 2 amide bonds. The first-order valence-electron chi connectivity index (χ1n) is 7.15. The fraction of sp³-hybridized carbons (Fsp3) is 0.533. The van der Waals surface area contributed by atoms with Crippen LogP contribution >= 0.6 is 0 Å². The predicted octanol–water partition coefficient (Wildman–Crippen LogP) is 3.09. The second kappa shape index (κ2) is 6.45. The minimum atomic E-state index is 0.0855. The fourth-order valence-corrected chi connectivity index (χ4v) is 2.57. The van der Waals surface area contributed by atoms with Crippen molar-refractivity contribution >= 4 is 17.4 Å². The zero-order valence-electron chi connectivity index (χ0n) is 11.6. The normalized spacial score (nSPS) is 15.9. The van der Waals surface area contributed by atoms with Crippen molar-refractivity contribution in [2.24, 2.45) is 0 Å². The first-order valence-corrected chi connectivity index (χ1v) is 7.15. The van der Waals surface area contributed by atoms with Gasteiger partial charge in [-0.25, -0.2) is 4.79 Å². The van der Waals surface area contributed by atoms with Gasteiger partial charge in [0.1, 0.15) is 0 Å². The number of nitrogens with two attached hydrogens (primary N) is 1. The Morgan fingerprint density at radius 3 is 2.42 bits per heavy atom. The van der Waals surface area contributed by atoms with Gasteiger partial charge >= 0.3 is 6.03 Å². The predicted molar refractivity (Wildman–Crippen MR) is 79.3 cm³/mol. The van der Waals surface area contributed by atoms with Gasteiger partial charge in [-0.3, -0.25) is 4.90 Å². The lowest BCUT2D eigenvalue weighted by molar-refractivity contribution is 0.207. The zero-order chi connectivity index (χ0) is 13.7. The number of hydrogen-bond donors (Lipinski definition) is 1. The van der Waals surface area contributed by atoms with E-state index in [2.05, 4.69) is 0 Å². The molecular weight excluding hydrogens is 238 g/mol. The fourth-order valence-electron chi connectivity index (χ4n) is 2.57. The lowest BCUT2D eigenvalue weighted by Crippen LogP contribution is -2.44. The molecule has 0 bridgehead atoms.